The SMILES string of the molecule is CCCCCCCCCCNC(=O)c1ccc(-c2ccc(C(=O)NCCCCCCCCCC)cn2)nc1. The maximum atomic E-state index is 12.4. The van der Waals surface area contributed by atoms with Crippen LogP contribution in [0, 0.1) is 0 Å². The average Bonchev–Trinajstić information content (AvgIpc) is 2.95. The topological polar surface area (TPSA) is 84.0 Å². The van der Waals surface area contributed by atoms with Crippen LogP contribution in [0.2, 0.25) is 0 Å². The molecular formula is C32H50N4O2. The summed E-state index contributed by atoms with van der Waals surface area (Å²) in [5, 5.41) is 5.98. The van der Waals surface area contributed by atoms with Gasteiger partial charge < -0.3 is 10.6 Å². The van der Waals surface area contributed by atoms with Gasteiger partial charge >= 0.3 is 0 Å². The summed E-state index contributed by atoms with van der Waals surface area (Å²) in [7, 11) is 0. The molecule has 0 spiro atoms. The van der Waals surface area contributed by atoms with Gasteiger partial charge in [0.1, 0.15) is 0 Å². The first-order valence-corrected chi connectivity index (χ1v) is 15.1. The number of hydrogen-bond donors (Lipinski definition) is 2. The fourth-order valence-corrected chi connectivity index (χ4v) is 4.49. The van der Waals surface area contributed by atoms with Crippen LogP contribution in [-0.2, 0) is 0 Å². The van der Waals surface area contributed by atoms with E-state index in [4.69, 9.17) is 0 Å². The Balaban J connectivity index is 1.65. The lowest BCUT2D eigenvalue weighted by Gasteiger charge is -2.07. The molecular weight excluding hydrogens is 472 g/mol. The van der Waals surface area contributed by atoms with E-state index in [9.17, 15) is 9.59 Å². The van der Waals surface area contributed by atoms with Crippen LogP contribution in [0.4, 0.5) is 0 Å². The molecule has 0 aliphatic carbocycles. The first-order chi connectivity index (χ1) is 18.7. The Hall–Kier alpha value is -2.76. The quantitative estimate of drug-likeness (QED) is 0.163. The van der Waals surface area contributed by atoms with E-state index in [1.807, 2.05) is 0 Å². The molecule has 0 radical (unpaired) electrons. The molecule has 6 heteroatoms. The Morgan fingerprint density at radius 2 is 0.868 bits per heavy atom. The maximum absolute atomic E-state index is 12.4. The van der Waals surface area contributed by atoms with Crippen molar-refractivity contribution in [2.24, 2.45) is 0 Å². The van der Waals surface area contributed by atoms with Gasteiger partial charge in [0.15, 0.2) is 0 Å². The molecule has 2 aromatic heterocycles. The summed E-state index contributed by atoms with van der Waals surface area (Å²) in [6, 6.07) is 7.15. The van der Waals surface area contributed by atoms with Crippen molar-refractivity contribution in [2.45, 2.75) is 117 Å². The molecule has 0 aromatic carbocycles. The minimum atomic E-state index is -0.0940. The summed E-state index contributed by atoms with van der Waals surface area (Å²) in [6.45, 7) is 5.86. The number of nitrogens with zero attached hydrogens (tertiary/aromatic N) is 2. The Morgan fingerprint density at radius 3 is 1.18 bits per heavy atom. The van der Waals surface area contributed by atoms with Gasteiger partial charge in [-0.1, -0.05) is 104 Å². The van der Waals surface area contributed by atoms with Crippen molar-refractivity contribution >= 4 is 11.8 Å². The molecule has 2 heterocycles. The number of amides is 2. The second-order valence-electron chi connectivity index (χ2n) is 10.3. The maximum Gasteiger partial charge on any atom is 0.252 e. The van der Waals surface area contributed by atoms with Crippen LogP contribution in [0.15, 0.2) is 36.7 Å². The van der Waals surface area contributed by atoms with Gasteiger partial charge in [0.2, 0.25) is 0 Å². The van der Waals surface area contributed by atoms with Crippen molar-refractivity contribution in [1.82, 2.24) is 20.6 Å². The zero-order valence-electron chi connectivity index (χ0n) is 23.9. The minimum Gasteiger partial charge on any atom is -0.352 e. The third kappa shape index (κ3) is 13.2. The standard InChI is InChI=1S/C32H50N4O2/c1-3-5-7-9-11-13-15-17-23-33-31(37)27-19-21-29(35-25-27)30-22-20-28(26-36-30)32(38)34-24-18-16-14-12-10-8-6-4-2/h19-22,25-26H,3-18,23-24H2,1-2H3,(H,33,37)(H,34,38). The number of nitrogens with one attached hydrogen (secondary N) is 2. The lowest BCUT2D eigenvalue weighted by atomic mass is 10.1. The number of carbonyl (C=O) groups is 2. The van der Waals surface area contributed by atoms with Crippen LogP contribution in [-0.4, -0.2) is 34.9 Å². The molecule has 6 nitrogen and oxygen atoms in total. The second-order valence-corrected chi connectivity index (χ2v) is 10.3. The molecule has 0 unspecified atom stereocenters. The predicted molar refractivity (Wildman–Crippen MR) is 157 cm³/mol. The number of rotatable bonds is 21. The smallest absolute Gasteiger partial charge is 0.252 e. The Labute approximate surface area is 230 Å². The highest BCUT2D eigenvalue weighted by Gasteiger charge is 2.09. The minimum absolute atomic E-state index is 0.0940. The Bertz CT molecular complexity index is 821. The number of aromatic nitrogens is 2. The molecule has 0 saturated heterocycles. The van der Waals surface area contributed by atoms with Crippen LogP contribution in [0.1, 0.15) is 137 Å². The second kappa shape index (κ2) is 20.2. The number of carbonyl (C=O) groups excluding carboxylic acids is 2. The van der Waals surface area contributed by atoms with Crippen molar-refractivity contribution in [1.29, 1.82) is 0 Å². The van der Waals surface area contributed by atoms with Gasteiger partial charge in [0.05, 0.1) is 22.5 Å². The zero-order chi connectivity index (χ0) is 27.3. The Kier molecular flexibility index (Phi) is 16.8. The predicted octanol–water partition coefficient (Wildman–Crippen LogP) is 7.88. The van der Waals surface area contributed by atoms with Gasteiger partial charge in [-0.2, -0.15) is 0 Å². The van der Waals surface area contributed by atoms with E-state index in [0.717, 1.165) is 25.7 Å². The van der Waals surface area contributed by atoms with E-state index in [1.165, 1.54) is 77.0 Å². The lowest BCUT2D eigenvalue weighted by molar-refractivity contribution is 0.0944. The van der Waals surface area contributed by atoms with Gasteiger partial charge in [-0.05, 0) is 37.1 Å². The summed E-state index contributed by atoms with van der Waals surface area (Å²) in [6.07, 6.45) is 23.1. The van der Waals surface area contributed by atoms with E-state index < -0.39 is 0 Å². The third-order valence-corrected chi connectivity index (χ3v) is 6.95. The molecule has 0 saturated carbocycles. The average molecular weight is 523 g/mol. The number of pyridine rings is 2. The highest BCUT2D eigenvalue weighted by atomic mass is 16.2. The van der Waals surface area contributed by atoms with Crippen molar-refractivity contribution in [3.8, 4) is 11.4 Å². The van der Waals surface area contributed by atoms with Crippen molar-refractivity contribution < 1.29 is 9.59 Å². The van der Waals surface area contributed by atoms with Crippen LogP contribution < -0.4 is 10.6 Å². The van der Waals surface area contributed by atoms with Crippen molar-refractivity contribution in [3.05, 3.63) is 47.8 Å². The molecule has 2 aromatic rings. The highest BCUT2D eigenvalue weighted by molar-refractivity contribution is 5.94. The summed E-state index contributed by atoms with van der Waals surface area (Å²) < 4.78 is 0. The van der Waals surface area contributed by atoms with E-state index in [-0.39, 0.29) is 11.8 Å². The summed E-state index contributed by atoms with van der Waals surface area (Å²) >= 11 is 0. The van der Waals surface area contributed by atoms with Gasteiger partial charge in [-0.15, -0.1) is 0 Å². The molecule has 210 valence electrons. The first kappa shape index (κ1) is 31.5. The zero-order valence-corrected chi connectivity index (χ0v) is 23.9. The fraction of sp³-hybridized carbons (Fsp3) is 0.625. The normalized spacial score (nSPS) is 10.9. The van der Waals surface area contributed by atoms with Gasteiger partial charge in [-0.25, -0.2) is 0 Å². The van der Waals surface area contributed by atoms with Gasteiger partial charge in [-0.3, -0.25) is 19.6 Å². The summed E-state index contributed by atoms with van der Waals surface area (Å²) in [5.41, 5.74) is 2.45. The highest BCUT2D eigenvalue weighted by Crippen LogP contribution is 2.15. The van der Waals surface area contributed by atoms with Gasteiger partial charge in [0.25, 0.3) is 11.8 Å². The van der Waals surface area contributed by atoms with Gasteiger partial charge in [0, 0.05) is 25.5 Å². The summed E-state index contributed by atoms with van der Waals surface area (Å²) in [5.74, 6) is -0.188. The molecule has 2 N–H and O–H groups in total. The van der Waals surface area contributed by atoms with Crippen LogP contribution in [0.5, 0.6) is 0 Å². The summed E-state index contributed by atoms with van der Waals surface area (Å²) in [4.78, 5) is 33.6. The molecule has 2 amide bonds. The molecule has 0 fully saturated rings. The van der Waals surface area contributed by atoms with Crippen LogP contribution in [0.3, 0.4) is 0 Å². The van der Waals surface area contributed by atoms with Crippen LogP contribution >= 0.6 is 0 Å². The molecule has 2 rings (SSSR count). The molecule has 38 heavy (non-hydrogen) atoms. The van der Waals surface area contributed by atoms with Crippen LogP contribution in [0.25, 0.3) is 11.4 Å². The van der Waals surface area contributed by atoms with E-state index >= 15 is 0 Å². The van der Waals surface area contributed by atoms with Crippen molar-refractivity contribution in [3.63, 3.8) is 0 Å². The number of unbranched alkanes of at least 4 members (excludes halogenated alkanes) is 14. The van der Waals surface area contributed by atoms with E-state index in [2.05, 4.69) is 34.4 Å². The Morgan fingerprint density at radius 1 is 0.526 bits per heavy atom. The van der Waals surface area contributed by atoms with E-state index in [1.54, 1.807) is 36.7 Å². The molecule has 0 atom stereocenters. The first-order valence-electron chi connectivity index (χ1n) is 15.1. The lowest BCUT2D eigenvalue weighted by Crippen LogP contribution is -2.24. The molecule has 0 aliphatic rings. The molecule has 0 bridgehead atoms. The van der Waals surface area contributed by atoms with E-state index in [0.29, 0.717) is 35.6 Å². The molecule has 0 aliphatic heterocycles. The van der Waals surface area contributed by atoms with Crippen molar-refractivity contribution in [2.75, 3.05) is 13.1 Å². The fourth-order valence-electron chi connectivity index (χ4n) is 4.49. The number of hydrogen-bond acceptors (Lipinski definition) is 4. The monoisotopic (exact) mass is 522 g/mol. The third-order valence-electron chi connectivity index (χ3n) is 6.95. The largest absolute Gasteiger partial charge is 0.352 e.